The van der Waals surface area contributed by atoms with E-state index in [1.165, 1.54) is 6.92 Å². The number of anilines is 2. The van der Waals surface area contributed by atoms with Gasteiger partial charge in [0.1, 0.15) is 5.75 Å². The minimum atomic E-state index is -0.207. The van der Waals surface area contributed by atoms with Gasteiger partial charge in [-0.1, -0.05) is 23.7 Å². The van der Waals surface area contributed by atoms with Crippen LogP contribution in [0.25, 0.3) is 0 Å². The molecule has 6 heteroatoms. The summed E-state index contributed by atoms with van der Waals surface area (Å²) >= 11 is 6.25. The van der Waals surface area contributed by atoms with E-state index in [9.17, 15) is 9.59 Å². The second-order valence-corrected chi connectivity index (χ2v) is 6.99. The highest BCUT2D eigenvalue weighted by atomic mass is 35.5. The molecule has 0 aliphatic rings. The van der Waals surface area contributed by atoms with Crippen LogP contribution < -0.4 is 15.0 Å². The van der Waals surface area contributed by atoms with Crippen LogP contribution in [0.4, 0.5) is 11.4 Å². The van der Waals surface area contributed by atoms with E-state index < -0.39 is 0 Å². The molecule has 0 atom stereocenters. The van der Waals surface area contributed by atoms with Gasteiger partial charge in [-0.3, -0.25) is 9.59 Å². The zero-order valence-electron chi connectivity index (χ0n) is 16.4. The van der Waals surface area contributed by atoms with Crippen LogP contribution in [0.5, 0.6) is 5.75 Å². The summed E-state index contributed by atoms with van der Waals surface area (Å²) in [6.45, 7) is 7.50. The van der Waals surface area contributed by atoms with Crippen molar-refractivity contribution in [3.8, 4) is 5.75 Å². The average molecular weight is 389 g/mol. The Hall–Kier alpha value is -2.53. The number of carbonyl (C=O) groups is 2. The molecule has 0 saturated carbocycles. The molecule has 0 bridgehead atoms. The molecule has 0 heterocycles. The van der Waals surface area contributed by atoms with Crippen molar-refractivity contribution in [1.29, 1.82) is 0 Å². The Bertz CT molecular complexity index is 841. The molecule has 2 rings (SSSR count). The second kappa shape index (κ2) is 8.91. The van der Waals surface area contributed by atoms with Crippen LogP contribution >= 0.6 is 11.6 Å². The largest absolute Gasteiger partial charge is 0.495 e. The molecule has 0 radical (unpaired) electrons. The number of amides is 2. The lowest BCUT2D eigenvalue weighted by molar-refractivity contribution is -0.117. The Kier molecular flexibility index (Phi) is 6.86. The lowest BCUT2D eigenvalue weighted by Gasteiger charge is -2.23. The van der Waals surface area contributed by atoms with Crippen LogP contribution in [0.15, 0.2) is 30.3 Å². The van der Waals surface area contributed by atoms with E-state index in [1.54, 1.807) is 12.0 Å². The van der Waals surface area contributed by atoms with Crippen molar-refractivity contribution in [3.63, 3.8) is 0 Å². The smallest absolute Gasteiger partial charge is 0.226 e. The molecular weight excluding hydrogens is 364 g/mol. The normalized spacial score (nSPS) is 10.4. The van der Waals surface area contributed by atoms with Crippen molar-refractivity contribution >= 4 is 34.8 Å². The van der Waals surface area contributed by atoms with Crippen LogP contribution in [0, 0.1) is 20.8 Å². The molecule has 2 aromatic carbocycles. The molecule has 0 aliphatic carbocycles. The first-order valence-electron chi connectivity index (χ1n) is 8.72. The zero-order valence-corrected chi connectivity index (χ0v) is 17.1. The molecule has 5 nitrogen and oxygen atoms in total. The second-order valence-electron chi connectivity index (χ2n) is 6.58. The third-order valence-corrected chi connectivity index (χ3v) is 4.56. The topological polar surface area (TPSA) is 58.6 Å². The van der Waals surface area contributed by atoms with Crippen molar-refractivity contribution in [2.45, 2.75) is 34.1 Å². The van der Waals surface area contributed by atoms with Crippen LogP contribution in [0.2, 0.25) is 5.02 Å². The summed E-state index contributed by atoms with van der Waals surface area (Å²) in [6, 6.07) is 9.37. The van der Waals surface area contributed by atoms with E-state index in [1.807, 2.05) is 51.1 Å². The monoisotopic (exact) mass is 388 g/mol. The number of ether oxygens (including phenoxy) is 1. The predicted octanol–water partition coefficient (Wildman–Crippen LogP) is 4.66. The number of hydrogen-bond donors (Lipinski definition) is 1. The quantitative estimate of drug-likeness (QED) is 0.783. The molecule has 0 unspecified atom stereocenters. The van der Waals surface area contributed by atoms with Gasteiger partial charge in [-0.15, -0.1) is 0 Å². The Morgan fingerprint density at radius 3 is 2.41 bits per heavy atom. The zero-order chi connectivity index (χ0) is 20.1. The molecule has 2 aromatic rings. The number of carbonyl (C=O) groups excluding carboxylic acids is 2. The third kappa shape index (κ3) is 5.23. The van der Waals surface area contributed by atoms with Crippen LogP contribution in [0.1, 0.15) is 30.0 Å². The summed E-state index contributed by atoms with van der Waals surface area (Å²) in [5.41, 5.74) is 4.20. The fourth-order valence-corrected chi connectivity index (χ4v) is 3.32. The molecule has 1 N–H and O–H groups in total. The molecule has 0 saturated heterocycles. The molecule has 0 aromatic heterocycles. The van der Waals surface area contributed by atoms with Crippen molar-refractivity contribution in [2.24, 2.45) is 0 Å². The van der Waals surface area contributed by atoms with Crippen molar-refractivity contribution < 1.29 is 14.3 Å². The number of hydrogen-bond acceptors (Lipinski definition) is 3. The fourth-order valence-electron chi connectivity index (χ4n) is 2.95. The molecular formula is C21H25ClN2O3. The lowest BCUT2D eigenvalue weighted by Crippen LogP contribution is -2.32. The number of nitrogens with one attached hydrogen (secondary N) is 1. The van der Waals surface area contributed by atoms with Gasteiger partial charge in [0.2, 0.25) is 11.8 Å². The van der Waals surface area contributed by atoms with Gasteiger partial charge in [0.15, 0.2) is 0 Å². The van der Waals surface area contributed by atoms with E-state index in [-0.39, 0.29) is 24.8 Å². The Morgan fingerprint density at radius 2 is 1.81 bits per heavy atom. The minimum Gasteiger partial charge on any atom is -0.495 e. The Labute approximate surface area is 165 Å². The van der Waals surface area contributed by atoms with E-state index >= 15 is 0 Å². The van der Waals surface area contributed by atoms with Gasteiger partial charge in [-0.05, 0) is 55.7 Å². The van der Waals surface area contributed by atoms with Gasteiger partial charge in [0.25, 0.3) is 0 Å². The number of rotatable bonds is 6. The van der Waals surface area contributed by atoms with Gasteiger partial charge in [0.05, 0.1) is 23.5 Å². The number of aryl methyl sites for hydroxylation is 3. The van der Waals surface area contributed by atoms with Crippen molar-refractivity contribution in [1.82, 2.24) is 0 Å². The SMILES string of the molecule is COc1ccc(C)cc1N(CCC(=O)Nc1c(C)cc(C)cc1Cl)C(C)=O. The van der Waals surface area contributed by atoms with Gasteiger partial charge in [0, 0.05) is 19.9 Å². The average Bonchev–Trinajstić information content (AvgIpc) is 2.58. The summed E-state index contributed by atoms with van der Waals surface area (Å²) in [7, 11) is 1.56. The maximum Gasteiger partial charge on any atom is 0.226 e. The summed E-state index contributed by atoms with van der Waals surface area (Å²) in [4.78, 5) is 26.2. The first kappa shape index (κ1) is 20.8. The molecule has 0 spiro atoms. The maximum absolute atomic E-state index is 12.4. The highest BCUT2D eigenvalue weighted by Crippen LogP contribution is 2.30. The third-order valence-electron chi connectivity index (χ3n) is 4.26. The first-order valence-corrected chi connectivity index (χ1v) is 9.10. The standard InChI is InChI=1S/C21H25ClN2O3/c1-13-6-7-19(27-5)18(12-13)24(16(4)25)9-8-20(26)23-21-15(3)10-14(2)11-17(21)22/h6-7,10-12H,8-9H2,1-5H3,(H,23,26). The van der Waals surface area contributed by atoms with Crippen LogP contribution in [0.3, 0.4) is 0 Å². The first-order chi connectivity index (χ1) is 12.7. The summed E-state index contributed by atoms with van der Waals surface area (Å²) < 4.78 is 5.36. The summed E-state index contributed by atoms with van der Waals surface area (Å²) in [5.74, 6) is 0.228. The highest BCUT2D eigenvalue weighted by molar-refractivity contribution is 6.34. The van der Waals surface area contributed by atoms with Gasteiger partial charge in [-0.25, -0.2) is 0 Å². The summed E-state index contributed by atoms with van der Waals surface area (Å²) in [5, 5.41) is 3.36. The van der Waals surface area contributed by atoms with Crippen molar-refractivity contribution in [3.05, 3.63) is 52.0 Å². The maximum atomic E-state index is 12.4. The predicted molar refractivity (Wildman–Crippen MR) is 110 cm³/mol. The summed E-state index contributed by atoms with van der Waals surface area (Å²) in [6.07, 6.45) is 0.139. The molecule has 0 fully saturated rings. The van der Waals surface area contributed by atoms with Gasteiger partial charge >= 0.3 is 0 Å². The van der Waals surface area contributed by atoms with Crippen LogP contribution in [-0.4, -0.2) is 25.5 Å². The Morgan fingerprint density at radius 1 is 1.11 bits per heavy atom. The van der Waals surface area contributed by atoms with E-state index in [4.69, 9.17) is 16.3 Å². The molecule has 27 heavy (non-hydrogen) atoms. The van der Waals surface area contributed by atoms with E-state index in [2.05, 4.69) is 5.32 Å². The number of nitrogens with zero attached hydrogens (tertiary/aromatic N) is 1. The number of benzene rings is 2. The van der Waals surface area contributed by atoms with Crippen LogP contribution in [-0.2, 0) is 9.59 Å². The minimum absolute atomic E-state index is 0.139. The molecule has 144 valence electrons. The Balaban J connectivity index is 2.14. The molecule has 2 amide bonds. The fraction of sp³-hybridized carbons (Fsp3) is 0.333. The highest BCUT2D eigenvalue weighted by Gasteiger charge is 2.18. The van der Waals surface area contributed by atoms with E-state index in [0.717, 1.165) is 16.7 Å². The lowest BCUT2D eigenvalue weighted by atomic mass is 10.1. The van der Waals surface area contributed by atoms with Gasteiger partial charge < -0.3 is 15.0 Å². The van der Waals surface area contributed by atoms with E-state index in [0.29, 0.717) is 22.1 Å². The number of methoxy groups -OCH3 is 1. The number of halogens is 1. The van der Waals surface area contributed by atoms with Crippen molar-refractivity contribution in [2.75, 3.05) is 23.9 Å². The van der Waals surface area contributed by atoms with Gasteiger partial charge in [-0.2, -0.15) is 0 Å². The molecule has 0 aliphatic heterocycles.